The first-order chi connectivity index (χ1) is 11.5. The third-order valence-corrected chi connectivity index (χ3v) is 5.09. The molecule has 0 spiro atoms. The van der Waals surface area contributed by atoms with Crippen molar-refractivity contribution in [2.75, 3.05) is 13.1 Å². The predicted molar refractivity (Wildman–Crippen MR) is 89.2 cm³/mol. The van der Waals surface area contributed by atoms with Gasteiger partial charge in [0.25, 0.3) is 5.91 Å². The van der Waals surface area contributed by atoms with Crippen LogP contribution in [0.4, 0.5) is 0 Å². The van der Waals surface area contributed by atoms with Gasteiger partial charge in [0.1, 0.15) is 5.56 Å². The maximum atomic E-state index is 12.8. The van der Waals surface area contributed by atoms with Gasteiger partial charge in [-0.15, -0.1) is 0 Å². The minimum Gasteiger partial charge on any atom is -0.338 e. The van der Waals surface area contributed by atoms with Crippen molar-refractivity contribution in [3.63, 3.8) is 0 Å². The first-order valence-corrected chi connectivity index (χ1v) is 8.64. The van der Waals surface area contributed by atoms with E-state index in [1.165, 1.54) is 6.42 Å². The highest BCUT2D eigenvalue weighted by Crippen LogP contribution is 2.34. The smallest absolute Gasteiger partial charge is 0.259 e. The van der Waals surface area contributed by atoms with Gasteiger partial charge >= 0.3 is 0 Å². The Morgan fingerprint density at radius 3 is 2.62 bits per heavy atom. The highest BCUT2D eigenvalue weighted by Gasteiger charge is 2.34. The average Bonchev–Trinajstić information content (AvgIpc) is 2.98. The van der Waals surface area contributed by atoms with Crippen LogP contribution in [0, 0.1) is 5.41 Å². The fraction of sp³-hybridized carbons (Fsp3) is 0.556. The number of hydrogen-bond acceptors (Lipinski definition) is 4. The molecule has 1 aliphatic heterocycles. The van der Waals surface area contributed by atoms with Gasteiger partial charge < -0.3 is 4.90 Å². The summed E-state index contributed by atoms with van der Waals surface area (Å²) < 4.78 is 1.70. The van der Waals surface area contributed by atoms with E-state index in [1.54, 1.807) is 16.9 Å². The lowest BCUT2D eigenvalue weighted by Gasteiger charge is -2.30. The van der Waals surface area contributed by atoms with E-state index in [0.717, 1.165) is 38.0 Å². The molecular weight excluding hydrogens is 304 g/mol. The summed E-state index contributed by atoms with van der Waals surface area (Å²) in [7, 11) is 0. The van der Waals surface area contributed by atoms with Crippen molar-refractivity contribution in [2.24, 2.45) is 5.41 Å². The maximum absolute atomic E-state index is 12.8. The number of carbonyl (C=O) groups is 2. The molecule has 1 saturated heterocycles. The van der Waals surface area contributed by atoms with E-state index in [1.807, 2.05) is 4.90 Å². The first kappa shape index (κ1) is 15.3. The highest BCUT2D eigenvalue weighted by molar-refractivity contribution is 6.01. The van der Waals surface area contributed by atoms with Gasteiger partial charge in [0.15, 0.2) is 11.4 Å². The number of ketones is 1. The van der Waals surface area contributed by atoms with Crippen LogP contribution in [0.25, 0.3) is 5.65 Å². The van der Waals surface area contributed by atoms with E-state index in [0.29, 0.717) is 23.2 Å². The van der Waals surface area contributed by atoms with Gasteiger partial charge in [-0.05, 0) is 31.1 Å². The molecule has 126 valence electrons. The molecule has 2 aromatic heterocycles. The van der Waals surface area contributed by atoms with Crippen LogP contribution in [0.5, 0.6) is 0 Å². The van der Waals surface area contributed by atoms with Crippen LogP contribution in [-0.4, -0.2) is 44.3 Å². The van der Waals surface area contributed by atoms with E-state index in [2.05, 4.69) is 23.9 Å². The minimum absolute atomic E-state index is 0.00135. The molecule has 24 heavy (non-hydrogen) atoms. The van der Waals surface area contributed by atoms with Gasteiger partial charge in [0, 0.05) is 25.7 Å². The van der Waals surface area contributed by atoms with Crippen molar-refractivity contribution in [1.29, 1.82) is 0 Å². The van der Waals surface area contributed by atoms with Crippen molar-refractivity contribution < 1.29 is 9.59 Å². The standard InChI is InChI=1S/C18H22N4O2/c1-18(2)8-14-12(15(23)9-18)10-19-16-13(11-20-22(14)16)17(24)21-6-4-3-5-7-21/h10-11H,3-9H2,1-2H3. The summed E-state index contributed by atoms with van der Waals surface area (Å²) in [4.78, 5) is 31.5. The quantitative estimate of drug-likeness (QED) is 0.807. The molecule has 0 aromatic carbocycles. The van der Waals surface area contributed by atoms with E-state index in [9.17, 15) is 9.59 Å². The zero-order valence-corrected chi connectivity index (χ0v) is 14.2. The summed E-state index contributed by atoms with van der Waals surface area (Å²) in [6.45, 7) is 5.77. The fourth-order valence-electron chi connectivity index (χ4n) is 3.84. The molecule has 0 saturated carbocycles. The van der Waals surface area contributed by atoms with Crippen molar-refractivity contribution in [3.05, 3.63) is 29.2 Å². The molecule has 1 fully saturated rings. The molecule has 0 radical (unpaired) electrons. The Balaban J connectivity index is 1.78. The predicted octanol–water partition coefficient (Wildman–Crippen LogP) is 2.51. The Bertz CT molecular complexity index is 831. The summed E-state index contributed by atoms with van der Waals surface area (Å²) in [6.07, 6.45) is 7.79. The number of hydrogen-bond donors (Lipinski definition) is 0. The normalized spacial score (nSPS) is 20.2. The molecular formula is C18H22N4O2. The number of nitrogens with zero attached hydrogens (tertiary/aromatic N) is 4. The van der Waals surface area contributed by atoms with Crippen molar-refractivity contribution in [3.8, 4) is 0 Å². The van der Waals surface area contributed by atoms with Crippen LogP contribution in [0.3, 0.4) is 0 Å². The van der Waals surface area contributed by atoms with Crippen LogP contribution < -0.4 is 0 Å². The summed E-state index contributed by atoms with van der Waals surface area (Å²) in [5.41, 5.74) is 2.52. The van der Waals surface area contributed by atoms with E-state index >= 15 is 0 Å². The van der Waals surface area contributed by atoms with Crippen molar-refractivity contribution in [2.45, 2.75) is 46.0 Å². The molecule has 2 aliphatic rings. The number of piperidine rings is 1. The summed E-state index contributed by atoms with van der Waals surface area (Å²) in [5.74, 6) is 0.105. The number of amides is 1. The van der Waals surface area contributed by atoms with Crippen LogP contribution in [0.2, 0.25) is 0 Å². The molecule has 4 rings (SSSR count). The molecule has 1 aliphatic carbocycles. The number of likely N-dealkylation sites (tertiary alicyclic amines) is 1. The Hall–Kier alpha value is -2.24. The maximum Gasteiger partial charge on any atom is 0.259 e. The second kappa shape index (κ2) is 5.40. The lowest BCUT2D eigenvalue weighted by atomic mass is 9.76. The molecule has 0 bridgehead atoms. The molecule has 0 unspecified atom stereocenters. The monoisotopic (exact) mass is 326 g/mol. The third kappa shape index (κ3) is 2.41. The van der Waals surface area contributed by atoms with Gasteiger partial charge in [0.05, 0.1) is 17.5 Å². The van der Waals surface area contributed by atoms with Gasteiger partial charge in [-0.2, -0.15) is 5.10 Å². The molecule has 0 atom stereocenters. The van der Waals surface area contributed by atoms with Gasteiger partial charge in [-0.1, -0.05) is 13.8 Å². The minimum atomic E-state index is -0.0959. The van der Waals surface area contributed by atoms with Crippen molar-refractivity contribution in [1.82, 2.24) is 19.5 Å². The van der Waals surface area contributed by atoms with Crippen LogP contribution in [-0.2, 0) is 6.42 Å². The Labute approximate surface area is 140 Å². The van der Waals surface area contributed by atoms with Crippen LogP contribution >= 0.6 is 0 Å². The van der Waals surface area contributed by atoms with Gasteiger partial charge in [-0.3, -0.25) is 9.59 Å². The van der Waals surface area contributed by atoms with E-state index < -0.39 is 0 Å². The lowest BCUT2D eigenvalue weighted by molar-refractivity contribution is 0.0726. The highest BCUT2D eigenvalue weighted by atomic mass is 16.2. The zero-order valence-electron chi connectivity index (χ0n) is 14.2. The summed E-state index contributed by atoms with van der Waals surface area (Å²) >= 11 is 0. The SMILES string of the molecule is CC1(C)CC(=O)c2cnc3c(C(=O)N4CCCCC4)cnn3c2C1. The van der Waals surface area contributed by atoms with Crippen LogP contribution in [0.15, 0.2) is 12.4 Å². The Morgan fingerprint density at radius 2 is 1.88 bits per heavy atom. The van der Waals surface area contributed by atoms with E-state index in [-0.39, 0.29) is 17.1 Å². The molecule has 0 N–H and O–H groups in total. The topological polar surface area (TPSA) is 67.6 Å². The lowest BCUT2D eigenvalue weighted by Crippen LogP contribution is -2.35. The molecule has 3 heterocycles. The average molecular weight is 326 g/mol. The van der Waals surface area contributed by atoms with E-state index in [4.69, 9.17) is 0 Å². The zero-order chi connectivity index (χ0) is 16.9. The Kier molecular flexibility index (Phi) is 3.44. The molecule has 6 nitrogen and oxygen atoms in total. The first-order valence-electron chi connectivity index (χ1n) is 8.64. The molecule has 6 heteroatoms. The van der Waals surface area contributed by atoms with Gasteiger partial charge in [-0.25, -0.2) is 9.50 Å². The number of aromatic nitrogens is 3. The van der Waals surface area contributed by atoms with Crippen molar-refractivity contribution >= 4 is 17.3 Å². The second-order valence-electron chi connectivity index (χ2n) is 7.71. The number of Topliss-reactive ketones (excluding diaryl/α,β-unsaturated/α-hetero) is 1. The number of fused-ring (bicyclic) bond motifs is 3. The summed E-state index contributed by atoms with van der Waals surface area (Å²) in [5, 5.41) is 4.40. The number of rotatable bonds is 1. The Morgan fingerprint density at radius 1 is 1.12 bits per heavy atom. The van der Waals surface area contributed by atoms with Gasteiger partial charge in [0.2, 0.25) is 0 Å². The fourth-order valence-corrected chi connectivity index (χ4v) is 3.84. The van der Waals surface area contributed by atoms with Crippen LogP contribution in [0.1, 0.15) is 65.9 Å². The molecule has 1 amide bonds. The second-order valence-corrected chi connectivity index (χ2v) is 7.71. The number of carbonyl (C=O) groups excluding carboxylic acids is 2. The summed E-state index contributed by atoms with van der Waals surface area (Å²) in [6, 6.07) is 0. The largest absolute Gasteiger partial charge is 0.338 e. The third-order valence-electron chi connectivity index (χ3n) is 5.09. The molecule has 2 aromatic rings.